The monoisotopic (exact) mass is 538 g/mol. The first-order valence-electron chi connectivity index (χ1n) is 12.9. The lowest BCUT2D eigenvalue weighted by Crippen LogP contribution is -2.03. The van der Waals surface area contributed by atoms with Gasteiger partial charge in [-0.1, -0.05) is 54.2 Å². The standard InChI is InChI=1S/C24H28O5.C7H12.CH2O2/c1-17(2)29-20-10-7-9-19(13-14-20)24(28)21-16-18(12-15-22(21)25)8-5-3-4-6-11-23(26)27;1-4-6-7(3)5-2;2-1-3/h5,7-8,10,12-17,25H,3-4,6,9,11H2,1-2H3,(H,26,27);4-6H,1-3H3;1H,(H,2,3)/b8-5+;6-4-,7-5-;. The first-order valence-corrected chi connectivity index (χ1v) is 12.9. The van der Waals surface area contributed by atoms with Gasteiger partial charge in [0.2, 0.25) is 0 Å². The molecule has 0 unspecified atom stereocenters. The van der Waals surface area contributed by atoms with Gasteiger partial charge in [-0.05, 0) is 90.2 Å². The van der Waals surface area contributed by atoms with E-state index in [4.69, 9.17) is 19.7 Å². The number of phenols is 1. The summed E-state index contributed by atoms with van der Waals surface area (Å²) < 4.78 is 5.66. The van der Waals surface area contributed by atoms with Gasteiger partial charge in [0.25, 0.3) is 6.47 Å². The molecule has 1 aromatic rings. The number of ether oxygens (including phenoxy) is 1. The van der Waals surface area contributed by atoms with Gasteiger partial charge in [0.05, 0.1) is 11.7 Å². The summed E-state index contributed by atoms with van der Waals surface area (Å²) in [5.74, 6) is -0.348. The number of hydrogen-bond donors (Lipinski definition) is 3. The van der Waals surface area contributed by atoms with Crippen molar-refractivity contribution in [1.82, 2.24) is 0 Å². The molecule has 0 heterocycles. The highest BCUT2D eigenvalue weighted by molar-refractivity contribution is 6.11. The Morgan fingerprint density at radius 1 is 1.13 bits per heavy atom. The molecule has 0 atom stereocenters. The van der Waals surface area contributed by atoms with Crippen LogP contribution in [0.5, 0.6) is 5.75 Å². The number of ketones is 1. The number of phenolic OH excluding ortho intramolecular Hbond substituents is 1. The normalized spacial score (nSPS) is 13.0. The first kappa shape index (κ1) is 34.9. The summed E-state index contributed by atoms with van der Waals surface area (Å²) in [5.41, 5.74) is 2.98. The van der Waals surface area contributed by atoms with Crippen LogP contribution >= 0.6 is 0 Å². The van der Waals surface area contributed by atoms with E-state index in [0.29, 0.717) is 24.2 Å². The van der Waals surface area contributed by atoms with Crippen molar-refractivity contribution in [3.8, 4) is 5.75 Å². The van der Waals surface area contributed by atoms with Gasteiger partial charge in [-0.25, -0.2) is 0 Å². The fourth-order valence-corrected chi connectivity index (χ4v) is 3.26. The van der Waals surface area contributed by atoms with Crippen LogP contribution in [0.25, 0.3) is 6.08 Å². The Morgan fingerprint density at radius 2 is 1.82 bits per heavy atom. The molecule has 7 nitrogen and oxygen atoms in total. The fraction of sp³-hybridized carbons (Fsp3) is 0.344. The molecule has 1 aliphatic rings. The second-order valence-corrected chi connectivity index (χ2v) is 8.82. The number of carboxylic acid groups (broad SMARTS) is 2. The van der Waals surface area contributed by atoms with E-state index < -0.39 is 5.97 Å². The van der Waals surface area contributed by atoms with Crippen molar-refractivity contribution in [2.45, 2.75) is 72.8 Å². The van der Waals surface area contributed by atoms with Crippen molar-refractivity contribution in [1.29, 1.82) is 0 Å². The van der Waals surface area contributed by atoms with Crippen molar-refractivity contribution in [3.05, 3.63) is 94.8 Å². The summed E-state index contributed by atoms with van der Waals surface area (Å²) in [4.78, 5) is 31.8. The maximum atomic E-state index is 12.9. The Balaban J connectivity index is 0.00000123. The van der Waals surface area contributed by atoms with Crippen molar-refractivity contribution in [3.63, 3.8) is 0 Å². The Morgan fingerprint density at radius 3 is 2.38 bits per heavy atom. The van der Waals surface area contributed by atoms with Crippen molar-refractivity contribution >= 4 is 24.3 Å². The number of unbranched alkanes of at least 4 members (excludes halogenated alkanes) is 2. The average molecular weight is 539 g/mol. The molecule has 0 amide bonds. The minimum Gasteiger partial charge on any atom is -0.507 e. The quantitative estimate of drug-likeness (QED) is 0.114. The molecule has 7 heteroatoms. The molecule has 0 saturated carbocycles. The third-order valence-electron chi connectivity index (χ3n) is 5.20. The second-order valence-electron chi connectivity index (χ2n) is 8.82. The van der Waals surface area contributed by atoms with E-state index >= 15 is 0 Å². The van der Waals surface area contributed by atoms with Gasteiger partial charge in [-0.3, -0.25) is 14.4 Å². The van der Waals surface area contributed by atoms with E-state index in [-0.39, 0.29) is 36.1 Å². The minimum absolute atomic E-state index is 0.0493. The van der Waals surface area contributed by atoms with Crippen LogP contribution < -0.4 is 0 Å². The van der Waals surface area contributed by atoms with Crippen LogP contribution in [-0.4, -0.2) is 39.6 Å². The van der Waals surface area contributed by atoms with E-state index in [1.54, 1.807) is 24.3 Å². The first-order chi connectivity index (χ1) is 18.6. The smallest absolute Gasteiger partial charge is 0.303 e. The SMILES string of the molecule is C/C=C\C(C)=C/C.CC(C)OC1=CC=C(C(=O)c2cc(/C=C/CCCCC(=O)O)ccc2O)CC=C1.O=CO. The summed E-state index contributed by atoms with van der Waals surface area (Å²) >= 11 is 0. The molecule has 1 aliphatic carbocycles. The summed E-state index contributed by atoms with van der Waals surface area (Å²) in [7, 11) is 0. The number of aliphatic carboxylic acids is 1. The number of hydrogen-bond acceptors (Lipinski definition) is 5. The number of allylic oxidation sites excluding steroid dienone is 10. The highest BCUT2D eigenvalue weighted by Gasteiger charge is 2.16. The van der Waals surface area contributed by atoms with E-state index in [2.05, 4.69) is 19.1 Å². The van der Waals surface area contributed by atoms with Crippen molar-refractivity contribution < 1.29 is 34.4 Å². The fourth-order valence-electron chi connectivity index (χ4n) is 3.26. The van der Waals surface area contributed by atoms with Gasteiger partial charge >= 0.3 is 5.97 Å². The van der Waals surface area contributed by atoms with Crippen LogP contribution in [0.1, 0.15) is 82.6 Å². The summed E-state index contributed by atoms with van der Waals surface area (Å²) in [5, 5.41) is 25.7. The van der Waals surface area contributed by atoms with E-state index in [0.717, 1.165) is 18.4 Å². The lowest BCUT2D eigenvalue weighted by molar-refractivity contribution is -0.137. The van der Waals surface area contributed by atoms with Crippen LogP contribution in [0.2, 0.25) is 0 Å². The number of rotatable bonds is 11. The third kappa shape index (κ3) is 16.4. The lowest BCUT2D eigenvalue weighted by Gasteiger charge is -2.08. The predicted molar refractivity (Wildman–Crippen MR) is 157 cm³/mol. The van der Waals surface area contributed by atoms with E-state index in [1.807, 2.05) is 58.1 Å². The molecule has 0 aliphatic heterocycles. The number of benzene rings is 1. The Bertz CT molecular complexity index is 1100. The number of carboxylic acids is 1. The van der Waals surface area contributed by atoms with Crippen LogP contribution in [0.4, 0.5) is 0 Å². The third-order valence-corrected chi connectivity index (χ3v) is 5.20. The summed E-state index contributed by atoms with van der Waals surface area (Å²) in [6.45, 7) is 9.78. The minimum atomic E-state index is -0.781. The molecule has 0 radical (unpaired) electrons. The van der Waals surface area contributed by atoms with Gasteiger partial charge in [0.15, 0.2) is 5.78 Å². The zero-order chi connectivity index (χ0) is 29.6. The molecule has 39 heavy (non-hydrogen) atoms. The molecule has 0 aromatic heterocycles. The van der Waals surface area contributed by atoms with Crippen LogP contribution in [0.15, 0.2) is 83.7 Å². The van der Waals surface area contributed by atoms with Crippen LogP contribution in [0.3, 0.4) is 0 Å². The number of carbonyl (C=O) groups is 3. The van der Waals surface area contributed by atoms with Crippen LogP contribution in [0, 0.1) is 0 Å². The van der Waals surface area contributed by atoms with Crippen LogP contribution in [-0.2, 0) is 14.3 Å². The van der Waals surface area contributed by atoms with Crippen molar-refractivity contribution in [2.24, 2.45) is 0 Å². The molecule has 0 spiro atoms. The molecule has 2 rings (SSSR count). The Hall–Kier alpha value is -4.13. The van der Waals surface area contributed by atoms with Gasteiger partial charge in [-0.15, -0.1) is 0 Å². The Labute approximate surface area is 232 Å². The molecule has 212 valence electrons. The topological polar surface area (TPSA) is 121 Å². The van der Waals surface area contributed by atoms with Gasteiger partial charge in [0.1, 0.15) is 11.5 Å². The molecule has 3 N–H and O–H groups in total. The van der Waals surface area contributed by atoms with Gasteiger partial charge in [-0.2, -0.15) is 0 Å². The largest absolute Gasteiger partial charge is 0.507 e. The molecule has 0 fully saturated rings. The van der Waals surface area contributed by atoms with E-state index in [9.17, 15) is 14.7 Å². The maximum absolute atomic E-state index is 12.9. The molecular weight excluding hydrogens is 496 g/mol. The molecule has 0 saturated heterocycles. The number of carbonyl (C=O) groups excluding carboxylic acids is 1. The zero-order valence-electron chi connectivity index (χ0n) is 23.6. The average Bonchev–Trinajstić information content (AvgIpc) is 3.12. The van der Waals surface area contributed by atoms with Gasteiger partial charge in [0, 0.05) is 12.0 Å². The number of Topliss-reactive ketones (excluding diaryl/α,β-unsaturated/α-hetero) is 1. The lowest BCUT2D eigenvalue weighted by atomic mass is 9.98. The highest BCUT2D eigenvalue weighted by Crippen LogP contribution is 2.25. The summed E-state index contributed by atoms with van der Waals surface area (Å²) in [6, 6.07) is 4.94. The van der Waals surface area contributed by atoms with Crippen molar-refractivity contribution in [2.75, 3.05) is 0 Å². The summed E-state index contributed by atoms with van der Waals surface area (Å²) in [6.07, 6.45) is 20.1. The Kier molecular flexibility index (Phi) is 18.7. The zero-order valence-corrected chi connectivity index (χ0v) is 23.6. The number of aromatic hydroxyl groups is 1. The van der Waals surface area contributed by atoms with E-state index in [1.165, 1.54) is 11.6 Å². The van der Waals surface area contributed by atoms with Gasteiger partial charge < -0.3 is 20.1 Å². The predicted octanol–water partition coefficient (Wildman–Crippen LogP) is 7.66. The second kappa shape index (κ2) is 20.9. The highest BCUT2D eigenvalue weighted by atomic mass is 16.5. The molecule has 0 bridgehead atoms. The maximum Gasteiger partial charge on any atom is 0.303 e. The molecular formula is C32H42O7. The molecule has 1 aromatic carbocycles.